The SMILES string of the molecule is CC(C)c1csc2nc([C@H]3CC(=O)N(CC4CCC4)C3)[nH]c(=O)c12. The lowest BCUT2D eigenvalue weighted by molar-refractivity contribution is -0.128. The lowest BCUT2D eigenvalue weighted by atomic mass is 9.85. The van der Waals surface area contributed by atoms with Crippen molar-refractivity contribution in [1.29, 1.82) is 0 Å². The van der Waals surface area contributed by atoms with Gasteiger partial charge in [0.25, 0.3) is 5.56 Å². The monoisotopic (exact) mass is 345 g/mol. The Morgan fingerprint density at radius 1 is 1.38 bits per heavy atom. The van der Waals surface area contributed by atoms with Crippen LogP contribution in [0.1, 0.15) is 62.8 Å². The lowest BCUT2D eigenvalue weighted by Crippen LogP contribution is -2.33. The lowest BCUT2D eigenvalue weighted by Gasteiger charge is -2.30. The second-order valence-corrected chi connectivity index (χ2v) is 8.33. The van der Waals surface area contributed by atoms with Crippen molar-refractivity contribution in [3.63, 3.8) is 0 Å². The van der Waals surface area contributed by atoms with Crippen LogP contribution in [0.3, 0.4) is 0 Å². The molecule has 5 nitrogen and oxygen atoms in total. The Kier molecular flexibility index (Phi) is 3.95. The minimum atomic E-state index is -0.0650. The van der Waals surface area contributed by atoms with Crippen LogP contribution in [0, 0.1) is 5.92 Å². The topological polar surface area (TPSA) is 66.1 Å². The highest BCUT2D eigenvalue weighted by Crippen LogP contribution is 2.33. The van der Waals surface area contributed by atoms with Crippen molar-refractivity contribution in [3.05, 3.63) is 27.1 Å². The van der Waals surface area contributed by atoms with E-state index < -0.39 is 0 Å². The van der Waals surface area contributed by atoms with Gasteiger partial charge in [-0.3, -0.25) is 9.59 Å². The number of hydrogen-bond acceptors (Lipinski definition) is 4. The minimum Gasteiger partial charge on any atom is -0.342 e. The molecule has 1 saturated heterocycles. The Morgan fingerprint density at radius 3 is 2.83 bits per heavy atom. The zero-order valence-corrected chi connectivity index (χ0v) is 15.0. The van der Waals surface area contributed by atoms with Gasteiger partial charge in [0.2, 0.25) is 5.91 Å². The summed E-state index contributed by atoms with van der Waals surface area (Å²) >= 11 is 1.52. The fourth-order valence-corrected chi connectivity index (χ4v) is 4.83. The standard InChI is InChI=1S/C18H23N3O2S/c1-10(2)13-9-24-18-15(13)17(23)19-16(20-18)12-6-14(22)21(8-12)7-11-4-3-5-11/h9-12H,3-8H2,1-2H3,(H,19,20,23)/t12-/m0/s1. The van der Waals surface area contributed by atoms with E-state index in [1.807, 2.05) is 10.3 Å². The molecule has 6 heteroatoms. The summed E-state index contributed by atoms with van der Waals surface area (Å²) in [6.07, 6.45) is 4.23. The summed E-state index contributed by atoms with van der Waals surface area (Å²) in [7, 11) is 0. The Labute approximate surface area is 145 Å². The van der Waals surface area contributed by atoms with Crippen LogP contribution in [0.15, 0.2) is 10.2 Å². The molecule has 2 aliphatic rings. The predicted octanol–water partition coefficient (Wildman–Crippen LogP) is 3.22. The van der Waals surface area contributed by atoms with E-state index in [1.165, 1.54) is 30.6 Å². The normalized spacial score (nSPS) is 21.9. The largest absolute Gasteiger partial charge is 0.342 e. The molecule has 1 atom stereocenters. The molecule has 3 heterocycles. The molecule has 2 aromatic rings. The van der Waals surface area contributed by atoms with Crippen LogP contribution in [0.25, 0.3) is 10.2 Å². The van der Waals surface area contributed by atoms with Gasteiger partial charge in [-0.05, 0) is 35.6 Å². The summed E-state index contributed by atoms with van der Waals surface area (Å²) in [6.45, 7) is 5.73. The van der Waals surface area contributed by atoms with E-state index >= 15 is 0 Å². The van der Waals surface area contributed by atoms with Gasteiger partial charge in [0, 0.05) is 25.4 Å². The first-order valence-corrected chi connectivity index (χ1v) is 9.70. The van der Waals surface area contributed by atoms with Crippen molar-refractivity contribution >= 4 is 27.5 Å². The van der Waals surface area contributed by atoms with Crippen LogP contribution in [-0.4, -0.2) is 33.9 Å². The summed E-state index contributed by atoms with van der Waals surface area (Å²) in [5.41, 5.74) is 0.995. The molecule has 1 aliphatic carbocycles. The van der Waals surface area contributed by atoms with Crippen molar-refractivity contribution in [2.45, 2.75) is 51.4 Å². The maximum atomic E-state index is 12.6. The third kappa shape index (κ3) is 2.66. The van der Waals surface area contributed by atoms with Crippen LogP contribution in [0.2, 0.25) is 0 Å². The molecule has 0 aromatic carbocycles. The van der Waals surface area contributed by atoms with Gasteiger partial charge in [0.05, 0.1) is 5.39 Å². The van der Waals surface area contributed by atoms with Crippen LogP contribution in [0.5, 0.6) is 0 Å². The molecule has 128 valence electrons. The van der Waals surface area contributed by atoms with E-state index in [0.29, 0.717) is 30.6 Å². The van der Waals surface area contributed by atoms with Gasteiger partial charge in [-0.2, -0.15) is 0 Å². The fourth-order valence-electron chi connectivity index (χ4n) is 3.72. The minimum absolute atomic E-state index is 0.0132. The Hall–Kier alpha value is -1.69. The van der Waals surface area contributed by atoms with Crippen LogP contribution >= 0.6 is 11.3 Å². The molecule has 0 spiro atoms. The molecular weight excluding hydrogens is 322 g/mol. The third-order valence-electron chi connectivity index (χ3n) is 5.42. The van der Waals surface area contributed by atoms with E-state index in [-0.39, 0.29) is 17.4 Å². The van der Waals surface area contributed by atoms with Gasteiger partial charge >= 0.3 is 0 Å². The second-order valence-electron chi connectivity index (χ2n) is 7.47. The number of nitrogens with zero attached hydrogens (tertiary/aromatic N) is 2. The predicted molar refractivity (Wildman–Crippen MR) is 95.6 cm³/mol. The van der Waals surface area contributed by atoms with Gasteiger partial charge in [0.15, 0.2) is 0 Å². The molecule has 1 N–H and O–H groups in total. The molecule has 1 aliphatic heterocycles. The van der Waals surface area contributed by atoms with Crippen molar-refractivity contribution in [2.75, 3.05) is 13.1 Å². The first-order chi connectivity index (χ1) is 11.5. The highest BCUT2D eigenvalue weighted by Gasteiger charge is 2.34. The Balaban J connectivity index is 1.60. The zero-order chi connectivity index (χ0) is 16.8. The number of H-pyrrole nitrogens is 1. The number of carbonyl (C=O) groups is 1. The Morgan fingerprint density at radius 2 is 2.17 bits per heavy atom. The first kappa shape index (κ1) is 15.8. The molecular formula is C18H23N3O2S. The smallest absolute Gasteiger partial charge is 0.259 e. The van der Waals surface area contributed by atoms with Gasteiger partial charge in [0.1, 0.15) is 10.7 Å². The fraction of sp³-hybridized carbons (Fsp3) is 0.611. The molecule has 2 fully saturated rings. The number of aromatic amines is 1. The highest BCUT2D eigenvalue weighted by atomic mass is 32.1. The van der Waals surface area contributed by atoms with E-state index in [9.17, 15) is 9.59 Å². The average Bonchev–Trinajstić information content (AvgIpc) is 3.07. The zero-order valence-electron chi connectivity index (χ0n) is 14.2. The van der Waals surface area contributed by atoms with Crippen molar-refractivity contribution in [1.82, 2.24) is 14.9 Å². The van der Waals surface area contributed by atoms with Gasteiger partial charge < -0.3 is 9.88 Å². The first-order valence-electron chi connectivity index (χ1n) is 8.82. The molecule has 0 unspecified atom stereocenters. The van der Waals surface area contributed by atoms with E-state index in [4.69, 9.17) is 0 Å². The molecule has 0 bridgehead atoms. The van der Waals surface area contributed by atoms with Gasteiger partial charge in [-0.25, -0.2) is 4.98 Å². The van der Waals surface area contributed by atoms with Crippen molar-refractivity contribution < 1.29 is 4.79 Å². The molecule has 2 aromatic heterocycles. The summed E-state index contributed by atoms with van der Waals surface area (Å²) in [4.78, 5) is 35.2. The van der Waals surface area contributed by atoms with Crippen molar-refractivity contribution in [2.24, 2.45) is 5.92 Å². The van der Waals surface area contributed by atoms with E-state index in [1.54, 1.807) is 0 Å². The summed E-state index contributed by atoms with van der Waals surface area (Å²) < 4.78 is 0. The van der Waals surface area contributed by atoms with Gasteiger partial charge in [-0.15, -0.1) is 11.3 Å². The average molecular weight is 345 g/mol. The number of amides is 1. The molecule has 1 amide bonds. The van der Waals surface area contributed by atoms with Crippen LogP contribution in [-0.2, 0) is 4.79 Å². The number of fused-ring (bicyclic) bond motifs is 1. The number of nitrogens with one attached hydrogen (secondary N) is 1. The summed E-state index contributed by atoms with van der Waals surface area (Å²) in [6, 6.07) is 0. The highest BCUT2D eigenvalue weighted by molar-refractivity contribution is 7.16. The molecule has 24 heavy (non-hydrogen) atoms. The molecule has 1 saturated carbocycles. The van der Waals surface area contributed by atoms with Crippen LogP contribution in [0.4, 0.5) is 0 Å². The molecule has 4 rings (SSSR count). The molecule has 0 radical (unpaired) electrons. The summed E-state index contributed by atoms with van der Waals surface area (Å²) in [5.74, 6) is 1.86. The number of thiophene rings is 1. The maximum absolute atomic E-state index is 12.6. The van der Waals surface area contributed by atoms with Crippen molar-refractivity contribution in [3.8, 4) is 0 Å². The quantitative estimate of drug-likeness (QED) is 0.925. The number of carbonyl (C=O) groups excluding carboxylic acids is 1. The van der Waals surface area contributed by atoms with Crippen LogP contribution < -0.4 is 5.56 Å². The van der Waals surface area contributed by atoms with E-state index in [2.05, 4.69) is 23.8 Å². The number of hydrogen-bond donors (Lipinski definition) is 1. The second kappa shape index (κ2) is 5.99. The summed E-state index contributed by atoms with van der Waals surface area (Å²) in [5, 5.41) is 2.75. The van der Waals surface area contributed by atoms with E-state index in [0.717, 1.165) is 22.3 Å². The number of aromatic nitrogens is 2. The van der Waals surface area contributed by atoms with Gasteiger partial charge in [-0.1, -0.05) is 20.3 Å². The maximum Gasteiger partial charge on any atom is 0.259 e. The number of rotatable bonds is 4. The Bertz CT molecular complexity index is 834. The third-order valence-corrected chi connectivity index (χ3v) is 6.31. The number of likely N-dealkylation sites (tertiary alicyclic amines) is 1.